The molecule has 0 unspecified atom stereocenters. The molecule has 0 aliphatic heterocycles. The minimum atomic E-state index is -4.42. The van der Waals surface area contributed by atoms with Crippen molar-refractivity contribution in [2.45, 2.75) is 38.9 Å². The van der Waals surface area contributed by atoms with E-state index in [1.54, 1.807) is 6.07 Å². The molecule has 0 aliphatic rings. The fourth-order valence-electron chi connectivity index (χ4n) is 4.12. The third-order valence-corrected chi connectivity index (χ3v) is 6.11. The van der Waals surface area contributed by atoms with Gasteiger partial charge in [-0.25, -0.2) is 9.97 Å². The van der Waals surface area contributed by atoms with E-state index < -0.39 is 11.7 Å². The number of aryl methyl sites for hydroxylation is 1. The number of hydrogen-bond acceptors (Lipinski definition) is 4. The fourth-order valence-corrected chi connectivity index (χ4v) is 4.12. The van der Waals surface area contributed by atoms with Gasteiger partial charge in [0.2, 0.25) is 5.91 Å². The third-order valence-electron chi connectivity index (χ3n) is 6.11. The number of amides is 1. The zero-order valence-electron chi connectivity index (χ0n) is 20.6. The van der Waals surface area contributed by atoms with Crippen LogP contribution >= 0.6 is 0 Å². The zero-order valence-corrected chi connectivity index (χ0v) is 20.6. The Morgan fingerprint density at radius 3 is 2.38 bits per heavy atom. The van der Waals surface area contributed by atoms with Crippen LogP contribution in [0.5, 0.6) is 0 Å². The number of hydrogen-bond donors (Lipinski definition) is 1. The van der Waals surface area contributed by atoms with Crippen molar-refractivity contribution in [2.75, 3.05) is 18.0 Å². The molecule has 0 spiro atoms. The molecule has 3 aromatic carbocycles. The topological polar surface area (TPSA) is 58.1 Å². The number of aromatic nitrogens is 2. The number of alkyl halides is 3. The first kappa shape index (κ1) is 26.1. The molecule has 0 saturated heterocycles. The molecule has 0 aliphatic carbocycles. The molecule has 1 amide bonds. The molecular weight excluding hydrogens is 477 g/mol. The highest BCUT2D eigenvalue weighted by molar-refractivity contribution is 5.89. The molecule has 37 heavy (non-hydrogen) atoms. The van der Waals surface area contributed by atoms with Crippen molar-refractivity contribution in [3.05, 3.63) is 101 Å². The number of para-hydroxylation sites is 1. The minimum absolute atomic E-state index is 0.0309. The van der Waals surface area contributed by atoms with Crippen LogP contribution in [0.25, 0.3) is 10.9 Å². The number of nitrogens with zero attached hydrogens (tertiary/aromatic N) is 3. The first-order chi connectivity index (χ1) is 17.8. The smallest absolute Gasteiger partial charge is 0.355 e. The number of rotatable bonds is 10. The van der Waals surface area contributed by atoms with E-state index in [2.05, 4.69) is 27.3 Å². The van der Waals surface area contributed by atoms with E-state index >= 15 is 0 Å². The highest BCUT2D eigenvalue weighted by Crippen LogP contribution is 2.29. The molecule has 0 saturated carbocycles. The van der Waals surface area contributed by atoms with Crippen LogP contribution in [0.15, 0.2) is 78.9 Å². The lowest BCUT2D eigenvalue weighted by Gasteiger charge is -2.25. The first-order valence-corrected chi connectivity index (χ1v) is 12.3. The zero-order chi connectivity index (χ0) is 26.3. The molecule has 1 aromatic heterocycles. The van der Waals surface area contributed by atoms with E-state index in [-0.39, 0.29) is 18.9 Å². The second kappa shape index (κ2) is 11.9. The predicted molar refractivity (Wildman–Crippen MR) is 139 cm³/mol. The maximum Gasteiger partial charge on any atom is 0.416 e. The van der Waals surface area contributed by atoms with Gasteiger partial charge in [0.25, 0.3) is 0 Å². The van der Waals surface area contributed by atoms with E-state index in [0.29, 0.717) is 25.1 Å². The van der Waals surface area contributed by atoms with Gasteiger partial charge < -0.3 is 10.2 Å². The van der Waals surface area contributed by atoms with Crippen LogP contribution in [0.4, 0.5) is 19.0 Å². The van der Waals surface area contributed by atoms with E-state index in [4.69, 9.17) is 4.98 Å². The van der Waals surface area contributed by atoms with Crippen LogP contribution in [0.2, 0.25) is 0 Å². The second-order valence-corrected chi connectivity index (χ2v) is 8.78. The minimum Gasteiger partial charge on any atom is -0.355 e. The Labute approximate surface area is 214 Å². The van der Waals surface area contributed by atoms with Crippen molar-refractivity contribution in [3.8, 4) is 0 Å². The van der Waals surface area contributed by atoms with Gasteiger partial charge in [-0.05, 0) is 41.8 Å². The number of halogens is 3. The summed E-state index contributed by atoms with van der Waals surface area (Å²) in [6.45, 7) is 3.09. The van der Waals surface area contributed by atoms with Crippen LogP contribution in [0.1, 0.15) is 35.9 Å². The number of anilines is 1. The summed E-state index contributed by atoms with van der Waals surface area (Å²) in [5, 5.41) is 3.67. The number of carbonyl (C=O) groups excluding carboxylic acids is 1. The molecule has 192 valence electrons. The van der Waals surface area contributed by atoms with Crippen LogP contribution in [-0.2, 0) is 30.4 Å². The number of fused-ring (bicyclic) bond motifs is 1. The van der Waals surface area contributed by atoms with Gasteiger partial charge in [0.05, 0.1) is 11.1 Å². The number of benzene rings is 3. The highest BCUT2D eigenvalue weighted by Gasteiger charge is 2.30. The molecular formula is C29H29F3N4O. The van der Waals surface area contributed by atoms with Crippen molar-refractivity contribution in [1.29, 1.82) is 0 Å². The molecule has 0 radical (unpaired) electrons. The second-order valence-electron chi connectivity index (χ2n) is 8.78. The van der Waals surface area contributed by atoms with Gasteiger partial charge in [-0.2, -0.15) is 13.2 Å². The first-order valence-electron chi connectivity index (χ1n) is 12.3. The van der Waals surface area contributed by atoms with Crippen LogP contribution in [-0.4, -0.2) is 29.0 Å². The average Bonchev–Trinajstić information content (AvgIpc) is 2.91. The Bertz CT molecular complexity index is 1340. The van der Waals surface area contributed by atoms with Crippen LogP contribution < -0.4 is 10.2 Å². The summed E-state index contributed by atoms with van der Waals surface area (Å²) in [7, 11) is 0. The SMILES string of the molecule is CCc1nc(N(CCC(=O)NCc2cccc(C(F)(F)F)c2)CCc2ccccc2)c2ccccc2n1. The van der Waals surface area contributed by atoms with Gasteiger partial charge in [-0.3, -0.25) is 4.79 Å². The van der Waals surface area contributed by atoms with Gasteiger partial charge in [0, 0.05) is 37.9 Å². The van der Waals surface area contributed by atoms with Crippen LogP contribution in [0.3, 0.4) is 0 Å². The van der Waals surface area contributed by atoms with Crippen molar-refractivity contribution in [2.24, 2.45) is 0 Å². The summed E-state index contributed by atoms with van der Waals surface area (Å²) < 4.78 is 39.0. The Hall–Kier alpha value is -3.94. The summed E-state index contributed by atoms with van der Waals surface area (Å²) >= 11 is 0. The Balaban J connectivity index is 1.49. The molecule has 4 rings (SSSR count). The van der Waals surface area contributed by atoms with E-state index in [1.807, 2.05) is 49.4 Å². The molecule has 5 nitrogen and oxygen atoms in total. The van der Waals surface area contributed by atoms with Gasteiger partial charge in [0.15, 0.2) is 0 Å². The molecule has 1 heterocycles. The lowest BCUT2D eigenvalue weighted by molar-refractivity contribution is -0.137. The fraction of sp³-hybridized carbons (Fsp3) is 0.276. The quantitative estimate of drug-likeness (QED) is 0.288. The maximum absolute atomic E-state index is 13.0. The van der Waals surface area contributed by atoms with Gasteiger partial charge in [0.1, 0.15) is 11.6 Å². The largest absolute Gasteiger partial charge is 0.416 e. The summed E-state index contributed by atoms with van der Waals surface area (Å²) in [5.74, 6) is 1.27. The normalized spacial score (nSPS) is 11.5. The van der Waals surface area contributed by atoms with Gasteiger partial charge in [-0.15, -0.1) is 0 Å². The van der Waals surface area contributed by atoms with E-state index in [9.17, 15) is 18.0 Å². The van der Waals surface area contributed by atoms with Crippen molar-refractivity contribution in [1.82, 2.24) is 15.3 Å². The van der Waals surface area contributed by atoms with Crippen LogP contribution in [0, 0.1) is 0 Å². The average molecular weight is 507 g/mol. The van der Waals surface area contributed by atoms with E-state index in [0.717, 1.165) is 41.1 Å². The van der Waals surface area contributed by atoms with Crippen molar-refractivity contribution < 1.29 is 18.0 Å². The molecule has 0 fully saturated rings. The van der Waals surface area contributed by atoms with Gasteiger partial charge >= 0.3 is 6.18 Å². The molecule has 0 atom stereocenters. The lowest BCUT2D eigenvalue weighted by Crippen LogP contribution is -2.33. The van der Waals surface area contributed by atoms with Gasteiger partial charge in [-0.1, -0.05) is 61.5 Å². The van der Waals surface area contributed by atoms with E-state index in [1.165, 1.54) is 11.6 Å². The monoisotopic (exact) mass is 506 g/mol. The lowest BCUT2D eigenvalue weighted by atomic mass is 10.1. The number of nitrogens with one attached hydrogen (secondary N) is 1. The van der Waals surface area contributed by atoms with Crippen molar-refractivity contribution in [3.63, 3.8) is 0 Å². The Kier molecular flexibility index (Phi) is 8.38. The summed E-state index contributed by atoms with van der Waals surface area (Å²) in [4.78, 5) is 24.3. The third kappa shape index (κ3) is 7.06. The standard InChI is InChI=1S/C29H29F3N4O/c1-2-26-34-25-14-7-6-13-24(25)28(35-26)36(17-15-21-9-4-3-5-10-21)18-16-27(37)33-20-22-11-8-12-23(19-22)29(30,31)32/h3-14,19H,2,15-18,20H2,1H3,(H,33,37). The molecule has 1 N–H and O–H groups in total. The Morgan fingerprint density at radius 1 is 0.892 bits per heavy atom. The maximum atomic E-state index is 13.0. The predicted octanol–water partition coefficient (Wildman–Crippen LogP) is 5.97. The molecule has 8 heteroatoms. The summed E-state index contributed by atoms with van der Waals surface area (Å²) in [6.07, 6.45) is -2.79. The summed E-state index contributed by atoms with van der Waals surface area (Å²) in [6, 6.07) is 22.9. The summed E-state index contributed by atoms with van der Waals surface area (Å²) in [5.41, 5.74) is 1.70. The highest BCUT2D eigenvalue weighted by atomic mass is 19.4. The molecule has 4 aromatic rings. The number of carbonyl (C=O) groups is 1. The van der Waals surface area contributed by atoms with Crippen molar-refractivity contribution >= 4 is 22.6 Å². The Morgan fingerprint density at radius 2 is 1.62 bits per heavy atom. The molecule has 0 bridgehead atoms.